The molecule has 0 aromatic heterocycles. The molecule has 0 radical (unpaired) electrons. The Bertz CT molecular complexity index is 935. The van der Waals surface area contributed by atoms with Crippen LogP contribution in [-0.4, -0.2) is 26.3 Å². The van der Waals surface area contributed by atoms with E-state index in [2.05, 4.69) is 5.32 Å². The molecule has 0 aliphatic carbocycles. The summed E-state index contributed by atoms with van der Waals surface area (Å²) >= 11 is 11.8. The van der Waals surface area contributed by atoms with Gasteiger partial charge in [0.25, 0.3) is 16.0 Å². The van der Waals surface area contributed by atoms with Gasteiger partial charge in [-0.05, 0) is 48.9 Å². The van der Waals surface area contributed by atoms with Gasteiger partial charge in [0.15, 0.2) is 0 Å². The van der Waals surface area contributed by atoms with E-state index in [4.69, 9.17) is 37.9 Å². The molecule has 2 aromatic rings. The molecule has 1 unspecified atom stereocenters. The molecule has 10 heteroatoms. The molecule has 0 aliphatic heterocycles. The first kappa shape index (κ1) is 21.3. The van der Waals surface area contributed by atoms with Crippen LogP contribution < -0.4 is 15.8 Å². The van der Waals surface area contributed by atoms with E-state index in [1.54, 1.807) is 42.5 Å². The van der Waals surface area contributed by atoms with Gasteiger partial charge in [-0.3, -0.25) is 4.79 Å². The fraction of sp³-hybridized carbons (Fsp3) is 0.235. The largest absolute Gasteiger partial charge is 0.489 e. The number of primary amides is 1. The molecular weight excluding hydrogens is 415 g/mol. The van der Waals surface area contributed by atoms with Crippen LogP contribution in [0.2, 0.25) is 10.0 Å². The fourth-order valence-electron chi connectivity index (χ4n) is 2.13. The van der Waals surface area contributed by atoms with Crippen molar-refractivity contribution in [2.45, 2.75) is 19.3 Å². The van der Waals surface area contributed by atoms with E-state index >= 15 is 0 Å². The lowest BCUT2D eigenvalue weighted by molar-refractivity contribution is -0.129. The van der Waals surface area contributed by atoms with Gasteiger partial charge in [-0.25, -0.2) is 4.18 Å². The Morgan fingerprint density at radius 2 is 1.78 bits per heavy atom. The number of hydrogen-bond donors (Lipinski definition) is 2. The molecule has 0 fully saturated rings. The highest BCUT2D eigenvalue weighted by molar-refractivity contribution is 7.86. The van der Waals surface area contributed by atoms with Crippen LogP contribution in [-0.2, 0) is 25.7 Å². The maximum atomic E-state index is 11.6. The second-order valence-corrected chi connectivity index (χ2v) is 8.26. The number of amides is 1. The molecule has 27 heavy (non-hydrogen) atoms. The Kier molecular flexibility index (Phi) is 6.59. The smallest absolute Gasteiger partial charge is 0.271 e. The van der Waals surface area contributed by atoms with Gasteiger partial charge in [0.05, 0.1) is 16.3 Å². The molecule has 7 nitrogen and oxygen atoms in total. The monoisotopic (exact) mass is 432 g/mol. The van der Waals surface area contributed by atoms with Crippen LogP contribution >= 0.6 is 23.2 Å². The lowest BCUT2D eigenvalue weighted by atomic mass is 10.2. The van der Waals surface area contributed by atoms with Crippen molar-refractivity contribution in [2.24, 2.45) is 5.73 Å². The Hall–Kier alpha value is -2.00. The lowest BCUT2D eigenvalue weighted by Crippen LogP contribution is -2.51. The van der Waals surface area contributed by atoms with Crippen LogP contribution in [0.15, 0.2) is 42.5 Å². The van der Waals surface area contributed by atoms with E-state index < -0.39 is 21.8 Å². The van der Waals surface area contributed by atoms with Crippen molar-refractivity contribution in [1.82, 2.24) is 0 Å². The van der Waals surface area contributed by atoms with Crippen molar-refractivity contribution in [3.63, 3.8) is 0 Å². The minimum absolute atomic E-state index is 0.278. The standard InChI is InChI=1S/C17H18Cl2N2O5S/c1-17(16(20)22,26-27(2,23)24)21-12-4-6-13(7-5-12)25-10-11-3-8-14(18)15(19)9-11/h3-9,21H,10H2,1-2H3,(H2,20,22). The lowest BCUT2D eigenvalue weighted by Gasteiger charge is -2.27. The zero-order chi connectivity index (χ0) is 20.2. The van der Waals surface area contributed by atoms with Crippen molar-refractivity contribution < 1.29 is 22.1 Å². The number of benzene rings is 2. The normalized spacial score (nSPS) is 13.6. The van der Waals surface area contributed by atoms with Crippen molar-refractivity contribution in [3.05, 3.63) is 58.1 Å². The van der Waals surface area contributed by atoms with Crippen molar-refractivity contribution in [2.75, 3.05) is 11.6 Å². The highest BCUT2D eigenvalue weighted by Gasteiger charge is 2.36. The van der Waals surface area contributed by atoms with E-state index in [0.717, 1.165) is 11.8 Å². The fourth-order valence-corrected chi connectivity index (χ4v) is 3.18. The van der Waals surface area contributed by atoms with Gasteiger partial charge in [0.2, 0.25) is 5.72 Å². The molecule has 0 heterocycles. The third kappa shape index (κ3) is 6.28. The second kappa shape index (κ2) is 8.35. The summed E-state index contributed by atoms with van der Waals surface area (Å²) in [6.07, 6.45) is 0.829. The first-order chi connectivity index (χ1) is 12.5. The predicted molar refractivity (Wildman–Crippen MR) is 104 cm³/mol. The predicted octanol–water partition coefficient (Wildman–Crippen LogP) is 3.16. The van der Waals surface area contributed by atoms with E-state index in [-0.39, 0.29) is 6.61 Å². The molecule has 0 spiro atoms. The number of rotatable bonds is 8. The van der Waals surface area contributed by atoms with E-state index in [1.165, 1.54) is 6.92 Å². The summed E-state index contributed by atoms with van der Waals surface area (Å²) < 4.78 is 33.1. The maximum Gasteiger partial charge on any atom is 0.271 e. The highest BCUT2D eigenvalue weighted by atomic mass is 35.5. The topological polar surface area (TPSA) is 108 Å². The summed E-state index contributed by atoms with van der Waals surface area (Å²) in [6, 6.07) is 11.7. The SMILES string of the molecule is CC(Nc1ccc(OCc2ccc(Cl)c(Cl)c2)cc1)(OS(C)(=O)=O)C(N)=O. The van der Waals surface area contributed by atoms with Gasteiger partial charge in [0, 0.05) is 5.69 Å². The molecule has 1 amide bonds. The molecule has 2 rings (SSSR count). The quantitative estimate of drug-likeness (QED) is 0.489. The Morgan fingerprint density at radius 3 is 2.30 bits per heavy atom. The molecule has 0 aliphatic rings. The van der Waals surface area contributed by atoms with E-state index in [9.17, 15) is 13.2 Å². The second-order valence-electron chi connectivity index (χ2n) is 5.87. The summed E-state index contributed by atoms with van der Waals surface area (Å²) in [6.45, 7) is 1.50. The number of halogens is 2. The number of hydrogen-bond acceptors (Lipinski definition) is 6. The first-order valence-electron chi connectivity index (χ1n) is 7.64. The number of carbonyl (C=O) groups excluding carboxylic acids is 1. The molecular formula is C17H18Cl2N2O5S. The third-order valence-corrected chi connectivity index (χ3v) is 4.79. The zero-order valence-electron chi connectivity index (χ0n) is 14.5. The molecule has 0 saturated heterocycles. The van der Waals surface area contributed by atoms with Crippen molar-refractivity contribution in [3.8, 4) is 5.75 Å². The number of carbonyl (C=O) groups is 1. The Labute approximate surface area is 167 Å². The number of ether oxygens (including phenoxy) is 1. The molecule has 2 aromatic carbocycles. The van der Waals surface area contributed by atoms with Crippen LogP contribution in [0.1, 0.15) is 12.5 Å². The summed E-state index contributed by atoms with van der Waals surface area (Å²) in [5.74, 6) is -0.427. The minimum atomic E-state index is -3.91. The Morgan fingerprint density at radius 1 is 1.15 bits per heavy atom. The molecule has 3 N–H and O–H groups in total. The van der Waals surface area contributed by atoms with Crippen LogP contribution in [0.5, 0.6) is 5.75 Å². The van der Waals surface area contributed by atoms with Crippen LogP contribution in [0.4, 0.5) is 5.69 Å². The average Bonchev–Trinajstić information content (AvgIpc) is 2.55. The summed E-state index contributed by atoms with van der Waals surface area (Å²) in [5.41, 5.74) is 4.59. The number of anilines is 1. The van der Waals surface area contributed by atoms with Crippen LogP contribution in [0, 0.1) is 0 Å². The van der Waals surface area contributed by atoms with Crippen molar-refractivity contribution >= 4 is 44.9 Å². The summed E-state index contributed by atoms with van der Waals surface area (Å²) in [4.78, 5) is 11.6. The maximum absolute atomic E-state index is 11.6. The highest BCUT2D eigenvalue weighted by Crippen LogP contribution is 2.25. The van der Waals surface area contributed by atoms with Gasteiger partial charge in [-0.2, -0.15) is 8.42 Å². The number of nitrogens with two attached hydrogens (primary N) is 1. The van der Waals surface area contributed by atoms with Gasteiger partial charge < -0.3 is 15.8 Å². The van der Waals surface area contributed by atoms with Crippen molar-refractivity contribution in [1.29, 1.82) is 0 Å². The van der Waals surface area contributed by atoms with Crippen LogP contribution in [0.3, 0.4) is 0 Å². The molecule has 0 saturated carbocycles. The van der Waals surface area contributed by atoms with Gasteiger partial charge >= 0.3 is 0 Å². The van der Waals surface area contributed by atoms with E-state index in [0.29, 0.717) is 21.5 Å². The molecule has 1 atom stereocenters. The molecule has 0 bridgehead atoms. The summed E-state index contributed by atoms with van der Waals surface area (Å²) in [7, 11) is -3.91. The molecule has 146 valence electrons. The van der Waals surface area contributed by atoms with Gasteiger partial charge in [-0.1, -0.05) is 29.3 Å². The Balaban J connectivity index is 2.05. The average molecular weight is 433 g/mol. The van der Waals surface area contributed by atoms with Gasteiger partial charge in [0.1, 0.15) is 12.4 Å². The summed E-state index contributed by atoms with van der Waals surface area (Å²) in [5, 5.41) is 3.56. The minimum Gasteiger partial charge on any atom is -0.489 e. The zero-order valence-corrected chi connectivity index (χ0v) is 16.9. The van der Waals surface area contributed by atoms with Gasteiger partial charge in [-0.15, -0.1) is 0 Å². The third-order valence-electron chi connectivity index (χ3n) is 3.41. The van der Waals surface area contributed by atoms with Crippen LogP contribution in [0.25, 0.3) is 0 Å². The number of nitrogens with one attached hydrogen (secondary N) is 1. The first-order valence-corrected chi connectivity index (χ1v) is 10.2. The van der Waals surface area contributed by atoms with E-state index in [1.807, 2.05) is 0 Å².